The Morgan fingerprint density at radius 3 is 2.90 bits per heavy atom. The number of hydrogen-bond acceptors (Lipinski definition) is 5. The van der Waals surface area contributed by atoms with Crippen molar-refractivity contribution < 1.29 is 14.5 Å². The lowest BCUT2D eigenvalue weighted by Crippen LogP contribution is -2.32. The molecule has 8 heteroatoms. The van der Waals surface area contributed by atoms with Crippen LogP contribution in [0.5, 0.6) is 0 Å². The third kappa shape index (κ3) is 3.43. The third-order valence-corrected chi connectivity index (χ3v) is 3.48. The first-order valence-corrected chi connectivity index (χ1v) is 6.62. The highest BCUT2D eigenvalue weighted by Gasteiger charge is 2.25. The van der Waals surface area contributed by atoms with Crippen LogP contribution in [0.25, 0.3) is 0 Å². The highest BCUT2D eigenvalue weighted by atomic mass is 35.5. The number of carbonyl (C=O) groups excluding carboxylic acids is 1. The van der Waals surface area contributed by atoms with Crippen LogP contribution in [0.2, 0.25) is 5.15 Å². The first-order valence-electron chi connectivity index (χ1n) is 6.24. The number of rotatable bonds is 4. The molecule has 0 unspecified atom stereocenters. The molecule has 1 aromatic rings. The van der Waals surface area contributed by atoms with Crippen LogP contribution in [0.1, 0.15) is 23.2 Å². The summed E-state index contributed by atoms with van der Waals surface area (Å²) in [6.45, 7) is 1.84. The Kier molecular flexibility index (Phi) is 4.86. The van der Waals surface area contributed by atoms with Crippen molar-refractivity contribution in [1.29, 1.82) is 0 Å². The third-order valence-electron chi connectivity index (χ3n) is 3.20. The molecule has 1 aliphatic heterocycles. The van der Waals surface area contributed by atoms with Crippen LogP contribution in [0.3, 0.4) is 0 Å². The van der Waals surface area contributed by atoms with Gasteiger partial charge in [0.15, 0.2) is 0 Å². The minimum atomic E-state index is -0.696. The highest BCUT2D eigenvalue weighted by Crippen LogP contribution is 2.26. The van der Waals surface area contributed by atoms with E-state index in [9.17, 15) is 14.9 Å². The monoisotopic (exact) mass is 299 g/mol. The SMILES string of the molecule is O=C(NCC1CCOCC1)c1ccnc(Cl)c1[N+](=O)[O-]. The second-order valence-corrected chi connectivity index (χ2v) is 4.88. The largest absolute Gasteiger partial charge is 0.381 e. The number of nitrogens with one attached hydrogen (secondary N) is 1. The van der Waals surface area contributed by atoms with Crippen LogP contribution >= 0.6 is 11.6 Å². The molecule has 0 atom stereocenters. The molecule has 1 amide bonds. The Balaban J connectivity index is 2.05. The van der Waals surface area contributed by atoms with Gasteiger partial charge >= 0.3 is 5.69 Å². The Morgan fingerprint density at radius 1 is 1.55 bits per heavy atom. The first kappa shape index (κ1) is 14.7. The molecule has 0 radical (unpaired) electrons. The Morgan fingerprint density at radius 2 is 2.25 bits per heavy atom. The van der Waals surface area contributed by atoms with Crippen molar-refractivity contribution >= 4 is 23.2 Å². The van der Waals surface area contributed by atoms with Gasteiger partial charge in [-0.25, -0.2) is 4.98 Å². The molecule has 108 valence electrons. The zero-order chi connectivity index (χ0) is 14.5. The summed E-state index contributed by atoms with van der Waals surface area (Å²) in [5.41, 5.74) is -0.527. The van der Waals surface area contributed by atoms with E-state index in [4.69, 9.17) is 16.3 Å². The van der Waals surface area contributed by atoms with Gasteiger partial charge in [-0.05, 0) is 24.8 Å². The molecule has 1 aliphatic rings. The average Bonchev–Trinajstić information content (AvgIpc) is 2.45. The fraction of sp³-hybridized carbons (Fsp3) is 0.500. The molecule has 1 N–H and O–H groups in total. The topological polar surface area (TPSA) is 94.4 Å². The first-order chi connectivity index (χ1) is 9.59. The second-order valence-electron chi connectivity index (χ2n) is 4.52. The minimum Gasteiger partial charge on any atom is -0.381 e. The summed E-state index contributed by atoms with van der Waals surface area (Å²) in [6.07, 6.45) is 3.03. The van der Waals surface area contributed by atoms with E-state index in [0.717, 1.165) is 12.8 Å². The molecule has 2 rings (SSSR count). The fourth-order valence-electron chi connectivity index (χ4n) is 2.07. The van der Waals surface area contributed by atoms with Crippen molar-refractivity contribution in [1.82, 2.24) is 10.3 Å². The van der Waals surface area contributed by atoms with Gasteiger partial charge in [0, 0.05) is 26.0 Å². The van der Waals surface area contributed by atoms with Gasteiger partial charge in [-0.3, -0.25) is 14.9 Å². The average molecular weight is 300 g/mol. The van der Waals surface area contributed by atoms with Gasteiger partial charge in [0.1, 0.15) is 5.56 Å². The number of nitro groups is 1. The van der Waals surface area contributed by atoms with Crippen molar-refractivity contribution in [3.8, 4) is 0 Å². The number of nitrogens with zero attached hydrogens (tertiary/aromatic N) is 2. The highest BCUT2D eigenvalue weighted by molar-refractivity contribution is 6.32. The lowest BCUT2D eigenvalue weighted by Gasteiger charge is -2.22. The molecular formula is C12H14ClN3O4. The number of amides is 1. The normalized spacial score (nSPS) is 15.8. The fourth-order valence-corrected chi connectivity index (χ4v) is 2.30. The summed E-state index contributed by atoms with van der Waals surface area (Å²) < 4.78 is 5.23. The van der Waals surface area contributed by atoms with Gasteiger partial charge in [0.25, 0.3) is 5.91 Å². The molecule has 0 saturated carbocycles. The second kappa shape index (κ2) is 6.62. The molecule has 0 aliphatic carbocycles. The zero-order valence-corrected chi connectivity index (χ0v) is 11.4. The minimum absolute atomic E-state index is 0.0675. The summed E-state index contributed by atoms with van der Waals surface area (Å²) in [5.74, 6) is -0.170. The van der Waals surface area contributed by atoms with E-state index in [-0.39, 0.29) is 10.7 Å². The van der Waals surface area contributed by atoms with Crippen molar-refractivity contribution in [2.75, 3.05) is 19.8 Å². The lowest BCUT2D eigenvalue weighted by atomic mass is 10.0. The van der Waals surface area contributed by atoms with Crippen molar-refractivity contribution in [3.63, 3.8) is 0 Å². The maximum atomic E-state index is 12.0. The Labute approximate surface area is 120 Å². The van der Waals surface area contributed by atoms with E-state index in [1.165, 1.54) is 12.3 Å². The smallest absolute Gasteiger partial charge is 0.319 e. The lowest BCUT2D eigenvalue weighted by molar-refractivity contribution is -0.385. The van der Waals surface area contributed by atoms with Crippen LogP contribution in [0, 0.1) is 16.0 Å². The van der Waals surface area contributed by atoms with Crippen LogP contribution in [-0.2, 0) is 4.74 Å². The predicted molar refractivity (Wildman–Crippen MR) is 71.8 cm³/mol. The van der Waals surface area contributed by atoms with Crippen molar-refractivity contribution in [2.45, 2.75) is 12.8 Å². The molecule has 1 fully saturated rings. The number of carbonyl (C=O) groups is 1. The zero-order valence-electron chi connectivity index (χ0n) is 10.7. The van der Waals surface area contributed by atoms with E-state index in [1.54, 1.807) is 0 Å². The standard InChI is InChI=1S/C12H14ClN3O4/c13-11-10(16(18)19)9(1-4-14-11)12(17)15-7-8-2-5-20-6-3-8/h1,4,8H,2-3,5-7H2,(H,15,17). The van der Waals surface area contributed by atoms with Gasteiger partial charge in [0.2, 0.25) is 5.15 Å². The van der Waals surface area contributed by atoms with E-state index < -0.39 is 16.5 Å². The van der Waals surface area contributed by atoms with E-state index in [0.29, 0.717) is 25.7 Å². The number of halogens is 1. The summed E-state index contributed by atoms with van der Waals surface area (Å²) in [5, 5.41) is 13.4. The Bertz CT molecular complexity index is 517. The van der Waals surface area contributed by atoms with Crippen LogP contribution < -0.4 is 5.32 Å². The summed E-state index contributed by atoms with van der Waals surface area (Å²) in [7, 11) is 0. The van der Waals surface area contributed by atoms with Gasteiger partial charge < -0.3 is 10.1 Å². The molecule has 1 aromatic heterocycles. The van der Waals surface area contributed by atoms with Gasteiger partial charge in [-0.2, -0.15) is 0 Å². The number of pyridine rings is 1. The van der Waals surface area contributed by atoms with Crippen LogP contribution in [0.4, 0.5) is 5.69 Å². The van der Waals surface area contributed by atoms with Gasteiger partial charge in [-0.15, -0.1) is 0 Å². The van der Waals surface area contributed by atoms with Gasteiger partial charge in [0.05, 0.1) is 4.92 Å². The summed E-state index contributed by atoms with van der Waals surface area (Å²) in [4.78, 5) is 25.9. The Hall–Kier alpha value is -1.73. The van der Waals surface area contributed by atoms with Crippen LogP contribution in [-0.4, -0.2) is 35.6 Å². The maximum absolute atomic E-state index is 12.0. The molecule has 7 nitrogen and oxygen atoms in total. The van der Waals surface area contributed by atoms with Crippen LogP contribution in [0.15, 0.2) is 12.3 Å². The molecule has 20 heavy (non-hydrogen) atoms. The number of hydrogen-bond donors (Lipinski definition) is 1. The van der Waals surface area contributed by atoms with Crippen molar-refractivity contribution in [3.05, 3.63) is 33.1 Å². The molecule has 0 bridgehead atoms. The molecule has 2 heterocycles. The van der Waals surface area contributed by atoms with E-state index in [2.05, 4.69) is 10.3 Å². The van der Waals surface area contributed by atoms with Crippen molar-refractivity contribution in [2.24, 2.45) is 5.92 Å². The number of aromatic nitrogens is 1. The molecule has 0 aromatic carbocycles. The molecule has 0 spiro atoms. The molecule has 1 saturated heterocycles. The van der Waals surface area contributed by atoms with Gasteiger partial charge in [-0.1, -0.05) is 11.6 Å². The summed E-state index contributed by atoms with van der Waals surface area (Å²) in [6, 6.07) is 1.29. The van der Waals surface area contributed by atoms with E-state index >= 15 is 0 Å². The summed E-state index contributed by atoms with van der Waals surface area (Å²) >= 11 is 5.67. The molecular weight excluding hydrogens is 286 g/mol. The predicted octanol–water partition coefficient (Wildman–Crippen LogP) is 1.80. The maximum Gasteiger partial charge on any atom is 0.319 e. The van der Waals surface area contributed by atoms with E-state index in [1.807, 2.05) is 0 Å². The quantitative estimate of drug-likeness (QED) is 0.520. The number of ether oxygens (including phenoxy) is 1.